The van der Waals surface area contributed by atoms with Crippen LogP contribution >= 0.6 is 15.9 Å². The molecule has 0 radical (unpaired) electrons. The first-order chi connectivity index (χ1) is 9.10. The highest BCUT2D eigenvalue weighted by molar-refractivity contribution is 9.10. The molecule has 0 aromatic heterocycles. The molecule has 19 heavy (non-hydrogen) atoms. The van der Waals surface area contributed by atoms with Crippen LogP contribution in [0.2, 0.25) is 0 Å². The average Bonchev–Trinajstić information content (AvgIpc) is 2.41. The second-order valence-electron chi connectivity index (χ2n) is 3.92. The molecule has 0 unspecified atom stereocenters. The number of rotatable bonds is 3. The monoisotopic (exact) mass is 320 g/mol. The lowest BCUT2D eigenvalue weighted by Gasteiger charge is -2.09. The van der Waals surface area contributed by atoms with Crippen molar-refractivity contribution in [2.45, 2.75) is 0 Å². The Kier molecular flexibility index (Phi) is 4.06. The summed E-state index contributed by atoms with van der Waals surface area (Å²) in [5, 5.41) is 2.76. The molecule has 0 aliphatic carbocycles. The van der Waals surface area contributed by atoms with Crippen molar-refractivity contribution in [2.24, 2.45) is 0 Å². The summed E-state index contributed by atoms with van der Waals surface area (Å²) >= 11 is 3.33. The van der Waals surface area contributed by atoms with Gasteiger partial charge in [-0.3, -0.25) is 4.79 Å². The quantitative estimate of drug-likeness (QED) is 0.853. The summed E-state index contributed by atoms with van der Waals surface area (Å²) in [6, 6.07) is 12.3. The van der Waals surface area contributed by atoms with Crippen molar-refractivity contribution >= 4 is 33.2 Å². The first-order valence-electron chi connectivity index (χ1n) is 5.60. The fraction of sp³-hybridized carbons (Fsp3) is 0.0714. The van der Waals surface area contributed by atoms with Crippen molar-refractivity contribution in [3.63, 3.8) is 0 Å². The van der Waals surface area contributed by atoms with Crippen LogP contribution in [0.3, 0.4) is 0 Å². The van der Waals surface area contributed by atoms with E-state index in [-0.39, 0.29) is 5.91 Å². The maximum Gasteiger partial charge on any atom is 0.255 e. The molecule has 2 aromatic carbocycles. The predicted octanol–water partition coefficient (Wildman–Crippen LogP) is 3.29. The molecule has 5 heteroatoms. The molecule has 0 bridgehead atoms. The molecule has 0 fully saturated rings. The Balaban J connectivity index is 2.19. The molecule has 0 atom stereocenters. The molecular weight excluding hydrogens is 308 g/mol. The first kappa shape index (κ1) is 13.4. The summed E-state index contributed by atoms with van der Waals surface area (Å²) in [5.41, 5.74) is 7.43. The number of nitrogens with one attached hydrogen (secondary N) is 1. The van der Waals surface area contributed by atoms with Crippen LogP contribution < -0.4 is 15.8 Å². The summed E-state index contributed by atoms with van der Waals surface area (Å²) in [5.74, 6) is 0.441. The van der Waals surface area contributed by atoms with Crippen LogP contribution in [0.5, 0.6) is 5.75 Å². The van der Waals surface area contributed by atoms with E-state index in [0.717, 1.165) is 4.47 Å². The van der Waals surface area contributed by atoms with Crippen molar-refractivity contribution in [2.75, 3.05) is 18.2 Å². The second kappa shape index (κ2) is 5.75. The number of hydrogen-bond donors (Lipinski definition) is 2. The van der Waals surface area contributed by atoms with E-state index >= 15 is 0 Å². The van der Waals surface area contributed by atoms with E-state index < -0.39 is 0 Å². The predicted molar refractivity (Wildman–Crippen MR) is 79.5 cm³/mol. The summed E-state index contributed by atoms with van der Waals surface area (Å²) in [6.45, 7) is 0. The topological polar surface area (TPSA) is 64.3 Å². The summed E-state index contributed by atoms with van der Waals surface area (Å²) in [4.78, 5) is 12.1. The average molecular weight is 321 g/mol. The Morgan fingerprint density at radius 3 is 2.68 bits per heavy atom. The van der Waals surface area contributed by atoms with E-state index in [0.29, 0.717) is 22.7 Å². The van der Waals surface area contributed by atoms with Crippen molar-refractivity contribution < 1.29 is 9.53 Å². The fourth-order valence-corrected chi connectivity index (χ4v) is 2.01. The summed E-state index contributed by atoms with van der Waals surface area (Å²) < 4.78 is 5.91. The maximum absolute atomic E-state index is 12.1. The van der Waals surface area contributed by atoms with E-state index in [9.17, 15) is 4.79 Å². The van der Waals surface area contributed by atoms with Crippen LogP contribution in [0.25, 0.3) is 0 Å². The number of nitrogens with two attached hydrogens (primary N) is 1. The van der Waals surface area contributed by atoms with Gasteiger partial charge in [0.15, 0.2) is 0 Å². The van der Waals surface area contributed by atoms with E-state index in [1.807, 2.05) is 6.07 Å². The van der Waals surface area contributed by atoms with Gasteiger partial charge in [-0.2, -0.15) is 0 Å². The van der Waals surface area contributed by atoms with Gasteiger partial charge in [0.2, 0.25) is 0 Å². The summed E-state index contributed by atoms with van der Waals surface area (Å²) in [7, 11) is 1.56. The third-order valence-corrected chi connectivity index (χ3v) is 3.09. The van der Waals surface area contributed by atoms with E-state index in [1.54, 1.807) is 43.5 Å². The Hall–Kier alpha value is -2.01. The highest BCUT2D eigenvalue weighted by Crippen LogP contribution is 2.24. The van der Waals surface area contributed by atoms with Gasteiger partial charge < -0.3 is 15.8 Å². The molecule has 0 saturated heterocycles. The van der Waals surface area contributed by atoms with Crippen LogP contribution in [0, 0.1) is 0 Å². The number of methoxy groups -OCH3 is 1. The number of carbonyl (C=O) groups is 1. The number of nitrogen functional groups attached to an aromatic ring is 1. The number of benzene rings is 2. The molecule has 0 aliphatic rings. The van der Waals surface area contributed by atoms with Gasteiger partial charge in [-0.05, 0) is 30.3 Å². The molecule has 0 heterocycles. The Bertz CT molecular complexity index is 614. The molecule has 3 N–H and O–H groups in total. The van der Waals surface area contributed by atoms with Gasteiger partial charge in [-0.25, -0.2) is 0 Å². The van der Waals surface area contributed by atoms with Gasteiger partial charge in [0.25, 0.3) is 5.91 Å². The number of anilines is 2. The van der Waals surface area contributed by atoms with Crippen molar-refractivity contribution in [1.29, 1.82) is 0 Å². The lowest BCUT2D eigenvalue weighted by Crippen LogP contribution is -2.13. The van der Waals surface area contributed by atoms with Gasteiger partial charge >= 0.3 is 0 Å². The molecule has 2 rings (SSSR count). The molecule has 0 spiro atoms. The zero-order valence-electron chi connectivity index (χ0n) is 10.3. The van der Waals surface area contributed by atoms with Crippen LogP contribution in [0.1, 0.15) is 10.4 Å². The molecule has 98 valence electrons. The van der Waals surface area contributed by atoms with Crippen LogP contribution in [-0.4, -0.2) is 13.0 Å². The maximum atomic E-state index is 12.1. The lowest BCUT2D eigenvalue weighted by atomic mass is 10.2. The van der Waals surface area contributed by atoms with Crippen molar-refractivity contribution in [3.8, 4) is 5.75 Å². The van der Waals surface area contributed by atoms with Crippen molar-refractivity contribution in [1.82, 2.24) is 0 Å². The lowest BCUT2D eigenvalue weighted by molar-refractivity contribution is 0.102. The zero-order chi connectivity index (χ0) is 13.8. The Labute approximate surface area is 119 Å². The number of halogens is 1. The van der Waals surface area contributed by atoms with Gasteiger partial charge in [0.05, 0.1) is 18.5 Å². The van der Waals surface area contributed by atoms with Crippen LogP contribution in [-0.2, 0) is 0 Å². The fourth-order valence-electron chi connectivity index (χ4n) is 1.61. The van der Waals surface area contributed by atoms with Crippen LogP contribution in [0.4, 0.5) is 11.4 Å². The first-order valence-corrected chi connectivity index (χ1v) is 6.40. The molecule has 4 nitrogen and oxygen atoms in total. The van der Waals surface area contributed by atoms with E-state index in [1.165, 1.54) is 0 Å². The largest absolute Gasteiger partial charge is 0.497 e. The number of hydrogen-bond acceptors (Lipinski definition) is 3. The highest BCUT2D eigenvalue weighted by Gasteiger charge is 2.08. The van der Waals surface area contributed by atoms with Gasteiger partial charge in [-0.15, -0.1) is 0 Å². The zero-order valence-corrected chi connectivity index (χ0v) is 11.9. The second-order valence-corrected chi connectivity index (χ2v) is 4.83. The van der Waals surface area contributed by atoms with Crippen molar-refractivity contribution in [3.05, 3.63) is 52.5 Å². The van der Waals surface area contributed by atoms with E-state index in [4.69, 9.17) is 10.5 Å². The number of carbonyl (C=O) groups excluding carboxylic acids is 1. The number of amides is 1. The highest BCUT2D eigenvalue weighted by atomic mass is 79.9. The van der Waals surface area contributed by atoms with Gasteiger partial charge in [0.1, 0.15) is 5.75 Å². The molecular formula is C14H13BrN2O2. The molecule has 2 aromatic rings. The molecule has 1 amide bonds. The normalized spacial score (nSPS) is 10.0. The molecule has 0 aliphatic heterocycles. The number of ether oxygens (including phenoxy) is 1. The Morgan fingerprint density at radius 1 is 1.26 bits per heavy atom. The SMILES string of the molecule is COc1ccc(NC(=O)c2cccc(Br)c2)c(N)c1. The standard InChI is InChI=1S/C14H13BrN2O2/c1-19-11-5-6-13(12(16)8-11)17-14(18)9-3-2-4-10(15)7-9/h2-8H,16H2,1H3,(H,17,18). The van der Waals surface area contributed by atoms with Gasteiger partial charge in [0, 0.05) is 16.1 Å². The van der Waals surface area contributed by atoms with Crippen LogP contribution in [0.15, 0.2) is 46.9 Å². The minimum atomic E-state index is -0.210. The Morgan fingerprint density at radius 2 is 2.05 bits per heavy atom. The molecule has 0 saturated carbocycles. The minimum absolute atomic E-state index is 0.210. The van der Waals surface area contributed by atoms with Gasteiger partial charge in [-0.1, -0.05) is 22.0 Å². The third kappa shape index (κ3) is 3.26. The smallest absolute Gasteiger partial charge is 0.255 e. The summed E-state index contributed by atoms with van der Waals surface area (Å²) in [6.07, 6.45) is 0. The van der Waals surface area contributed by atoms with E-state index in [2.05, 4.69) is 21.2 Å². The third-order valence-electron chi connectivity index (χ3n) is 2.59. The minimum Gasteiger partial charge on any atom is -0.497 e.